The number of piperidine rings is 1. The third-order valence-electron chi connectivity index (χ3n) is 3.90. The molecule has 1 amide bonds. The smallest absolute Gasteiger partial charge is 0.267 e. The first-order chi connectivity index (χ1) is 9.66. The maximum atomic E-state index is 11.1. The lowest BCUT2D eigenvalue weighted by molar-refractivity contribution is 0.0995. The van der Waals surface area contributed by atoms with Gasteiger partial charge in [0.2, 0.25) is 0 Å². The fourth-order valence-corrected chi connectivity index (χ4v) is 2.68. The molecule has 0 spiro atoms. The molecule has 1 unspecified atom stereocenters. The van der Waals surface area contributed by atoms with Crippen LogP contribution in [0.3, 0.4) is 0 Å². The van der Waals surface area contributed by atoms with Gasteiger partial charge in [0.1, 0.15) is 5.69 Å². The van der Waals surface area contributed by atoms with Crippen LogP contribution in [-0.2, 0) is 0 Å². The largest absolute Gasteiger partial charge is 0.385 e. The summed E-state index contributed by atoms with van der Waals surface area (Å²) in [5.41, 5.74) is 6.42. The third kappa shape index (κ3) is 4.20. The number of aromatic nitrogens is 1. The first-order valence-corrected chi connectivity index (χ1v) is 7.40. The maximum Gasteiger partial charge on any atom is 0.267 e. The van der Waals surface area contributed by atoms with Gasteiger partial charge < -0.3 is 16.0 Å². The summed E-state index contributed by atoms with van der Waals surface area (Å²) in [7, 11) is 0. The lowest BCUT2D eigenvalue weighted by atomic mass is 10.0. The van der Waals surface area contributed by atoms with E-state index in [9.17, 15) is 4.79 Å². The van der Waals surface area contributed by atoms with E-state index in [1.54, 1.807) is 12.3 Å². The van der Waals surface area contributed by atoms with Crippen molar-refractivity contribution in [3.05, 3.63) is 24.0 Å². The van der Waals surface area contributed by atoms with Crippen molar-refractivity contribution in [3.63, 3.8) is 0 Å². The monoisotopic (exact) mass is 276 g/mol. The first-order valence-electron chi connectivity index (χ1n) is 7.40. The topological polar surface area (TPSA) is 71.2 Å². The van der Waals surface area contributed by atoms with Gasteiger partial charge in [0, 0.05) is 31.0 Å². The molecule has 3 N–H and O–H groups in total. The first kappa shape index (κ1) is 14.8. The molecule has 1 aliphatic rings. The van der Waals surface area contributed by atoms with Crippen molar-refractivity contribution in [2.45, 2.75) is 38.6 Å². The SMILES string of the molecule is CC1CCCCN1CCCNc1ccnc(C(N)=O)c1. The van der Waals surface area contributed by atoms with Gasteiger partial charge in [0.25, 0.3) is 5.91 Å². The Labute approximate surface area is 120 Å². The zero-order valence-corrected chi connectivity index (χ0v) is 12.1. The molecule has 1 fully saturated rings. The number of pyridine rings is 1. The van der Waals surface area contributed by atoms with Crippen LogP contribution in [-0.4, -0.2) is 41.5 Å². The fraction of sp³-hybridized carbons (Fsp3) is 0.600. The summed E-state index contributed by atoms with van der Waals surface area (Å²) in [6.45, 7) is 5.56. The van der Waals surface area contributed by atoms with Crippen LogP contribution in [0.4, 0.5) is 5.69 Å². The molecular weight excluding hydrogens is 252 g/mol. The van der Waals surface area contributed by atoms with Crippen LogP contribution in [0.1, 0.15) is 43.1 Å². The molecule has 1 aromatic heterocycles. The standard InChI is InChI=1S/C15H24N4O/c1-12-5-2-3-9-19(12)10-4-7-17-13-6-8-18-14(11-13)15(16)20/h6,8,11-12H,2-5,7,9-10H2,1H3,(H2,16,20)(H,17,18). The Kier molecular flexibility index (Phi) is 5.35. The Balaban J connectivity index is 1.73. The summed E-state index contributed by atoms with van der Waals surface area (Å²) in [6.07, 6.45) is 6.71. The van der Waals surface area contributed by atoms with Crippen molar-refractivity contribution in [1.29, 1.82) is 0 Å². The number of nitrogens with zero attached hydrogens (tertiary/aromatic N) is 2. The Bertz CT molecular complexity index is 449. The van der Waals surface area contributed by atoms with Crippen LogP contribution < -0.4 is 11.1 Å². The predicted molar refractivity (Wildman–Crippen MR) is 80.7 cm³/mol. The molecule has 2 heterocycles. The predicted octanol–water partition coefficient (Wildman–Crippen LogP) is 1.86. The number of amides is 1. The van der Waals surface area contributed by atoms with Crippen LogP contribution in [0, 0.1) is 0 Å². The molecule has 1 saturated heterocycles. The van der Waals surface area contributed by atoms with Crippen LogP contribution >= 0.6 is 0 Å². The lowest BCUT2D eigenvalue weighted by Gasteiger charge is -2.33. The summed E-state index contributed by atoms with van der Waals surface area (Å²) in [5.74, 6) is -0.490. The highest BCUT2D eigenvalue weighted by Gasteiger charge is 2.16. The van der Waals surface area contributed by atoms with Gasteiger partial charge in [-0.05, 0) is 44.9 Å². The van der Waals surface area contributed by atoms with Crippen molar-refractivity contribution in [1.82, 2.24) is 9.88 Å². The minimum atomic E-state index is -0.490. The van der Waals surface area contributed by atoms with Gasteiger partial charge in [-0.25, -0.2) is 0 Å². The van der Waals surface area contributed by atoms with E-state index in [0.29, 0.717) is 11.7 Å². The summed E-state index contributed by atoms with van der Waals surface area (Å²) in [6, 6.07) is 4.27. The van der Waals surface area contributed by atoms with Gasteiger partial charge >= 0.3 is 0 Å². The van der Waals surface area contributed by atoms with Gasteiger partial charge in [0.05, 0.1) is 0 Å². The molecule has 1 atom stereocenters. The number of hydrogen-bond donors (Lipinski definition) is 2. The number of nitrogens with two attached hydrogens (primary N) is 1. The number of rotatable bonds is 6. The molecule has 1 aromatic rings. The van der Waals surface area contributed by atoms with E-state index in [1.165, 1.54) is 25.8 Å². The number of carbonyl (C=O) groups excluding carboxylic acids is 1. The average molecular weight is 276 g/mol. The molecule has 110 valence electrons. The molecule has 5 heteroatoms. The quantitative estimate of drug-likeness (QED) is 0.778. The molecule has 5 nitrogen and oxygen atoms in total. The van der Waals surface area contributed by atoms with Crippen LogP contribution in [0.5, 0.6) is 0 Å². The van der Waals surface area contributed by atoms with Gasteiger partial charge in [-0.1, -0.05) is 6.42 Å². The second kappa shape index (κ2) is 7.24. The van der Waals surface area contributed by atoms with E-state index in [1.807, 2.05) is 6.07 Å². The van der Waals surface area contributed by atoms with E-state index in [0.717, 1.165) is 25.2 Å². The Morgan fingerprint density at radius 2 is 2.40 bits per heavy atom. The molecule has 2 rings (SSSR count). The van der Waals surface area contributed by atoms with Crippen LogP contribution in [0.2, 0.25) is 0 Å². The minimum Gasteiger partial charge on any atom is -0.385 e. The normalized spacial score (nSPS) is 19.8. The molecule has 0 aliphatic carbocycles. The molecule has 0 bridgehead atoms. The second-order valence-electron chi connectivity index (χ2n) is 5.46. The van der Waals surface area contributed by atoms with E-state index in [2.05, 4.69) is 22.1 Å². The van der Waals surface area contributed by atoms with Crippen molar-refractivity contribution >= 4 is 11.6 Å². The van der Waals surface area contributed by atoms with E-state index in [4.69, 9.17) is 5.73 Å². The van der Waals surface area contributed by atoms with Crippen molar-refractivity contribution in [3.8, 4) is 0 Å². The molecule has 1 aliphatic heterocycles. The fourth-order valence-electron chi connectivity index (χ4n) is 2.68. The van der Waals surface area contributed by atoms with Crippen molar-refractivity contribution < 1.29 is 4.79 Å². The number of hydrogen-bond acceptors (Lipinski definition) is 4. The number of anilines is 1. The van der Waals surface area contributed by atoms with Gasteiger partial charge in [-0.2, -0.15) is 0 Å². The number of nitrogens with one attached hydrogen (secondary N) is 1. The van der Waals surface area contributed by atoms with Crippen molar-refractivity contribution in [2.75, 3.05) is 25.0 Å². The number of primary amides is 1. The summed E-state index contributed by atoms with van der Waals surface area (Å²) < 4.78 is 0. The number of likely N-dealkylation sites (tertiary alicyclic amines) is 1. The second-order valence-corrected chi connectivity index (χ2v) is 5.46. The average Bonchev–Trinajstić information content (AvgIpc) is 2.45. The zero-order valence-electron chi connectivity index (χ0n) is 12.1. The molecule has 0 aromatic carbocycles. The van der Waals surface area contributed by atoms with Gasteiger partial charge in [0.15, 0.2) is 0 Å². The van der Waals surface area contributed by atoms with E-state index in [-0.39, 0.29) is 0 Å². The Hall–Kier alpha value is -1.62. The Morgan fingerprint density at radius 3 is 3.15 bits per heavy atom. The minimum absolute atomic E-state index is 0.305. The van der Waals surface area contributed by atoms with Crippen molar-refractivity contribution in [2.24, 2.45) is 5.73 Å². The third-order valence-corrected chi connectivity index (χ3v) is 3.90. The summed E-state index contributed by atoms with van der Waals surface area (Å²) in [4.78, 5) is 17.5. The Morgan fingerprint density at radius 1 is 1.55 bits per heavy atom. The highest BCUT2D eigenvalue weighted by molar-refractivity contribution is 5.91. The molecular formula is C15H24N4O. The van der Waals surface area contributed by atoms with Crippen LogP contribution in [0.15, 0.2) is 18.3 Å². The molecule has 0 saturated carbocycles. The van der Waals surface area contributed by atoms with E-state index >= 15 is 0 Å². The van der Waals surface area contributed by atoms with E-state index < -0.39 is 5.91 Å². The van der Waals surface area contributed by atoms with Gasteiger partial charge in [-0.3, -0.25) is 9.78 Å². The highest BCUT2D eigenvalue weighted by atomic mass is 16.1. The zero-order chi connectivity index (χ0) is 14.4. The summed E-state index contributed by atoms with van der Waals surface area (Å²) >= 11 is 0. The van der Waals surface area contributed by atoms with Gasteiger partial charge in [-0.15, -0.1) is 0 Å². The van der Waals surface area contributed by atoms with Crippen LogP contribution in [0.25, 0.3) is 0 Å². The highest BCUT2D eigenvalue weighted by Crippen LogP contribution is 2.16. The molecule has 0 radical (unpaired) electrons. The summed E-state index contributed by atoms with van der Waals surface area (Å²) in [5, 5.41) is 3.32. The number of carbonyl (C=O) groups is 1. The lowest BCUT2D eigenvalue weighted by Crippen LogP contribution is -2.38. The molecule has 20 heavy (non-hydrogen) atoms. The maximum absolute atomic E-state index is 11.1.